The third-order valence-electron chi connectivity index (χ3n) is 5.30. The summed E-state index contributed by atoms with van der Waals surface area (Å²) in [6.07, 6.45) is -0.236. The van der Waals surface area contributed by atoms with Crippen molar-refractivity contribution in [1.29, 1.82) is 0 Å². The Hall–Kier alpha value is -3.68. The number of rotatable bonds is 7. The highest BCUT2D eigenvalue weighted by molar-refractivity contribution is 5.94. The van der Waals surface area contributed by atoms with Crippen LogP contribution in [0.25, 0.3) is 11.3 Å². The van der Waals surface area contributed by atoms with Gasteiger partial charge in [0.2, 0.25) is 0 Å². The molecule has 1 aromatic carbocycles. The Kier molecular flexibility index (Phi) is 6.39. The molecule has 2 aromatic heterocycles. The lowest BCUT2D eigenvalue weighted by molar-refractivity contribution is -0.137. The van der Waals surface area contributed by atoms with E-state index in [0.29, 0.717) is 11.4 Å². The molecule has 31 heavy (non-hydrogen) atoms. The van der Waals surface area contributed by atoms with Gasteiger partial charge in [-0.2, -0.15) is 5.10 Å². The first kappa shape index (κ1) is 22.0. The standard InChI is InChI=1S/C23H26N4O4/c1-13-8-6-7-9-16(13)18(12-20(28)29)25-23(30)17-10-11-19(31-5)22(24-17)21-14(2)26-27(4)15(21)3/h6-11,18H,12H2,1-5H3,(H,25,30)(H,28,29)/t18-/m0/s1. The molecule has 2 N–H and O–H groups in total. The second kappa shape index (κ2) is 8.99. The summed E-state index contributed by atoms with van der Waals surface area (Å²) in [5.74, 6) is -0.937. The maximum absolute atomic E-state index is 13.1. The number of carboxylic acids is 1. The van der Waals surface area contributed by atoms with E-state index in [2.05, 4.69) is 15.4 Å². The van der Waals surface area contributed by atoms with Crippen LogP contribution in [0.15, 0.2) is 36.4 Å². The zero-order valence-electron chi connectivity index (χ0n) is 18.3. The number of carboxylic acid groups (broad SMARTS) is 1. The third-order valence-corrected chi connectivity index (χ3v) is 5.30. The molecule has 0 spiro atoms. The molecule has 8 heteroatoms. The van der Waals surface area contributed by atoms with Crippen LogP contribution in [-0.4, -0.2) is 38.9 Å². The van der Waals surface area contributed by atoms with Gasteiger partial charge in [0.1, 0.15) is 17.1 Å². The molecule has 0 aliphatic heterocycles. The lowest BCUT2D eigenvalue weighted by atomic mass is 9.98. The molecule has 2 heterocycles. The number of hydrogen-bond donors (Lipinski definition) is 2. The molecule has 0 bridgehead atoms. The van der Waals surface area contributed by atoms with Gasteiger partial charge >= 0.3 is 5.97 Å². The summed E-state index contributed by atoms with van der Waals surface area (Å²) in [4.78, 5) is 29.0. The fourth-order valence-corrected chi connectivity index (χ4v) is 3.66. The van der Waals surface area contributed by atoms with E-state index in [1.807, 2.05) is 52.1 Å². The highest BCUT2D eigenvalue weighted by atomic mass is 16.5. The summed E-state index contributed by atoms with van der Waals surface area (Å²) in [6, 6.07) is 9.96. The first-order valence-electron chi connectivity index (χ1n) is 9.86. The molecule has 3 aromatic rings. The first-order chi connectivity index (χ1) is 14.7. The third kappa shape index (κ3) is 4.58. The molecule has 0 saturated carbocycles. The van der Waals surface area contributed by atoms with E-state index in [-0.39, 0.29) is 12.1 Å². The average molecular weight is 422 g/mol. The topological polar surface area (TPSA) is 106 Å². The molecule has 1 atom stereocenters. The molecule has 8 nitrogen and oxygen atoms in total. The Morgan fingerprint density at radius 3 is 2.45 bits per heavy atom. The fourth-order valence-electron chi connectivity index (χ4n) is 3.66. The Labute approximate surface area is 180 Å². The van der Waals surface area contributed by atoms with Gasteiger partial charge in [0.15, 0.2) is 0 Å². The maximum atomic E-state index is 13.1. The number of nitrogens with one attached hydrogen (secondary N) is 1. The zero-order valence-corrected chi connectivity index (χ0v) is 18.3. The lowest BCUT2D eigenvalue weighted by Crippen LogP contribution is -2.31. The molecule has 3 rings (SSSR count). The van der Waals surface area contributed by atoms with E-state index in [4.69, 9.17) is 4.74 Å². The highest BCUT2D eigenvalue weighted by Gasteiger charge is 2.23. The number of benzene rings is 1. The predicted octanol–water partition coefficient (Wildman–Crippen LogP) is 3.36. The minimum atomic E-state index is -1.00. The number of amides is 1. The van der Waals surface area contributed by atoms with Crippen LogP contribution in [0.2, 0.25) is 0 Å². The molecular formula is C23H26N4O4. The summed E-state index contributed by atoms with van der Waals surface area (Å²) < 4.78 is 7.21. The van der Waals surface area contributed by atoms with Crippen molar-refractivity contribution in [2.75, 3.05) is 7.11 Å². The number of carbonyl (C=O) groups is 2. The second-order valence-corrected chi connectivity index (χ2v) is 7.40. The van der Waals surface area contributed by atoms with E-state index >= 15 is 0 Å². The summed E-state index contributed by atoms with van der Waals surface area (Å²) in [5, 5.41) is 16.6. The van der Waals surface area contributed by atoms with Crippen LogP contribution < -0.4 is 10.1 Å². The molecular weight excluding hydrogens is 396 g/mol. The first-order valence-corrected chi connectivity index (χ1v) is 9.86. The van der Waals surface area contributed by atoms with Crippen LogP contribution in [0.1, 0.15) is 45.5 Å². The van der Waals surface area contributed by atoms with Gasteiger partial charge in [-0.05, 0) is 44.0 Å². The van der Waals surface area contributed by atoms with Gasteiger partial charge in [-0.3, -0.25) is 14.3 Å². The molecule has 0 fully saturated rings. The van der Waals surface area contributed by atoms with Crippen molar-refractivity contribution in [2.24, 2.45) is 7.05 Å². The van der Waals surface area contributed by atoms with Crippen molar-refractivity contribution in [1.82, 2.24) is 20.1 Å². The normalized spacial score (nSPS) is 11.8. The number of aliphatic carboxylic acids is 1. The highest BCUT2D eigenvalue weighted by Crippen LogP contribution is 2.33. The second-order valence-electron chi connectivity index (χ2n) is 7.40. The van der Waals surface area contributed by atoms with Crippen molar-refractivity contribution >= 4 is 11.9 Å². The van der Waals surface area contributed by atoms with E-state index in [9.17, 15) is 14.7 Å². The average Bonchev–Trinajstić information content (AvgIpc) is 2.98. The van der Waals surface area contributed by atoms with Gasteiger partial charge < -0.3 is 15.2 Å². The van der Waals surface area contributed by atoms with E-state index in [1.54, 1.807) is 23.9 Å². The van der Waals surface area contributed by atoms with Crippen molar-refractivity contribution in [3.63, 3.8) is 0 Å². The Balaban J connectivity index is 1.99. The number of aromatic nitrogens is 3. The number of ether oxygens (including phenoxy) is 1. The van der Waals surface area contributed by atoms with Crippen molar-refractivity contribution < 1.29 is 19.4 Å². The summed E-state index contributed by atoms with van der Waals surface area (Å²) in [6.45, 7) is 5.68. The molecule has 0 aliphatic rings. The Morgan fingerprint density at radius 1 is 1.16 bits per heavy atom. The van der Waals surface area contributed by atoms with Gasteiger partial charge in [-0.25, -0.2) is 4.98 Å². The van der Waals surface area contributed by atoms with Crippen LogP contribution >= 0.6 is 0 Å². The molecule has 0 radical (unpaired) electrons. The van der Waals surface area contributed by atoms with E-state index < -0.39 is 17.9 Å². The minimum absolute atomic E-state index is 0.169. The number of nitrogens with zero attached hydrogens (tertiary/aromatic N) is 3. The number of pyridine rings is 1. The van der Waals surface area contributed by atoms with Crippen LogP contribution in [0.4, 0.5) is 0 Å². The monoisotopic (exact) mass is 422 g/mol. The molecule has 0 unspecified atom stereocenters. The van der Waals surface area contributed by atoms with Crippen LogP contribution in [-0.2, 0) is 11.8 Å². The molecule has 0 saturated heterocycles. The van der Waals surface area contributed by atoms with Crippen molar-refractivity contribution in [2.45, 2.75) is 33.2 Å². The quantitative estimate of drug-likeness (QED) is 0.605. The number of hydrogen-bond acceptors (Lipinski definition) is 5. The zero-order chi connectivity index (χ0) is 22.7. The largest absolute Gasteiger partial charge is 0.494 e. The minimum Gasteiger partial charge on any atom is -0.494 e. The molecule has 0 aliphatic carbocycles. The van der Waals surface area contributed by atoms with Crippen molar-refractivity contribution in [3.8, 4) is 17.0 Å². The van der Waals surface area contributed by atoms with Gasteiger partial charge in [0.25, 0.3) is 5.91 Å². The smallest absolute Gasteiger partial charge is 0.305 e. The van der Waals surface area contributed by atoms with Gasteiger partial charge in [0, 0.05) is 18.3 Å². The van der Waals surface area contributed by atoms with Gasteiger partial charge in [-0.15, -0.1) is 0 Å². The summed E-state index contributed by atoms with van der Waals surface area (Å²) >= 11 is 0. The SMILES string of the molecule is COc1ccc(C(=O)N[C@@H](CC(=O)O)c2ccccc2C)nc1-c1c(C)nn(C)c1C. The number of methoxy groups -OCH3 is 1. The van der Waals surface area contributed by atoms with E-state index in [1.165, 1.54) is 0 Å². The maximum Gasteiger partial charge on any atom is 0.305 e. The van der Waals surface area contributed by atoms with Crippen LogP contribution in [0.5, 0.6) is 5.75 Å². The Bertz CT molecular complexity index is 1140. The Morgan fingerprint density at radius 2 is 1.87 bits per heavy atom. The summed E-state index contributed by atoms with van der Waals surface area (Å²) in [7, 11) is 3.38. The van der Waals surface area contributed by atoms with Crippen LogP contribution in [0.3, 0.4) is 0 Å². The lowest BCUT2D eigenvalue weighted by Gasteiger charge is -2.19. The van der Waals surface area contributed by atoms with Crippen LogP contribution in [0, 0.1) is 20.8 Å². The fraction of sp³-hybridized carbons (Fsp3) is 0.304. The number of aryl methyl sites for hydroxylation is 3. The molecule has 162 valence electrons. The van der Waals surface area contributed by atoms with Crippen molar-refractivity contribution in [3.05, 3.63) is 64.6 Å². The van der Waals surface area contributed by atoms with Gasteiger partial charge in [0.05, 0.1) is 25.3 Å². The molecule has 1 amide bonds. The summed E-state index contributed by atoms with van der Waals surface area (Å²) in [5.41, 5.74) is 4.81. The predicted molar refractivity (Wildman–Crippen MR) is 116 cm³/mol. The van der Waals surface area contributed by atoms with Gasteiger partial charge in [-0.1, -0.05) is 24.3 Å². The number of carbonyl (C=O) groups excluding carboxylic acids is 1. The van der Waals surface area contributed by atoms with E-state index in [0.717, 1.165) is 28.1 Å².